The van der Waals surface area contributed by atoms with Gasteiger partial charge in [0.05, 0.1) is 20.9 Å². The Bertz CT molecular complexity index is 1310. The zero-order chi connectivity index (χ0) is 20.0. The molecule has 1 unspecified atom stereocenters. The van der Waals surface area contributed by atoms with Crippen molar-refractivity contribution in [2.75, 3.05) is 5.32 Å². The SMILES string of the molecule is O=C1Nc2ccc(S(=O)(=O)Cc3ccccc3)cc2C1c1nc2ccccc2s1. The molecule has 0 radical (unpaired) electrons. The van der Waals surface area contributed by atoms with E-state index in [4.69, 9.17) is 0 Å². The van der Waals surface area contributed by atoms with Gasteiger partial charge >= 0.3 is 0 Å². The Balaban J connectivity index is 1.56. The van der Waals surface area contributed by atoms with Gasteiger partial charge in [-0.25, -0.2) is 13.4 Å². The van der Waals surface area contributed by atoms with E-state index in [2.05, 4.69) is 10.3 Å². The summed E-state index contributed by atoms with van der Waals surface area (Å²) in [6.07, 6.45) is 0. The third-order valence-corrected chi connectivity index (χ3v) is 7.76. The van der Waals surface area contributed by atoms with Crippen LogP contribution < -0.4 is 5.32 Å². The van der Waals surface area contributed by atoms with Gasteiger partial charge in [-0.2, -0.15) is 0 Å². The molecule has 144 valence electrons. The predicted molar refractivity (Wildman–Crippen MR) is 114 cm³/mol. The van der Waals surface area contributed by atoms with Gasteiger partial charge in [0.1, 0.15) is 10.9 Å². The van der Waals surface area contributed by atoms with Crippen molar-refractivity contribution in [3.05, 3.63) is 88.9 Å². The number of hydrogen-bond acceptors (Lipinski definition) is 5. The quantitative estimate of drug-likeness (QED) is 0.532. The van der Waals surface area contributed by atoms with E-state index >= 15 is 0 Å². The number of anilines is 1. The molecule has 3 aromatic carbocycles. The van der Waals surface area contributed by atoms with E-state index in [-0.39, 0.29) is 16.6 Å². The van der Waals surface area contributed by atoms with Gasteiger partial charge in [0.15, 0.2) is 9.84 Å². The van der Waals surface area contributed by atoms with Gasteiger partial charge < -0.3 is 5.32 Å². The molecule has 1 aliphatic heterocycles. The van der Waals surface area contributed by atoms with Crippen LogP contribution in [0.1, 0.15) is 22.1 Å². The summed E-state index contributed by atoms with van der Waals surface area (Å²) in [5, 5.41) is 3.52. The normalized spacial score (nSPS) is 16.0. The molecule has 0 spiro atoms. The van der Waals surface area contributed by atoms with Crippen molar-refractivity contribution >= 4 is 43.0 Å². The fourth-order valence-corrected chi connectivity index (χ4v) is 6.03. The third kappa shape index (κ3) is 3.22. The predicted octanol–water partition coefficient (Wildman–Crippen LogP) is 4.35. The van der Waals surface area contributed by atoms with Crippen molar-refractivity contribution in [1.82, 2.24) is 4.98 Å². The zero-order valence-electron chi connectivity index (χ0n) is 15.2. The zero-order valence-corrected chi connectivity index (χ0v) is 16.8. The summed E-state index contributed by atoms with van der Waals surface area (Å²) in [7, 11) is -3.54. The van der Waals surface area contributed by atoms with Crippen molar-refractivity contribution in [3.8, 4) is 0 Å². The minimum Gasteiger partial charge on any atom is -0.325 e. The highest BCUT2D eigenvalue weighted by Crippen LogP contribution is 2.41. The number of nitrogens with zero attached hydrogens (tertiary/aromatic N) is 1. The number of benzene rings is 3. The molecule has 1 aromatic heterocycles. The van der Waals surface area contributed by atoms with Crippen LogP contribution in [0.4, 0.5) is 5.69 Å². The molecule has 0 saturated heterocycles. The molecule has 7 heteroatoms. The number of sulfone groups is 1. The molecular weight excluding hydrogens is 404 g/mol. The maximum Gasteiger partial charge on any atom is 0.238 e. The summed E-state index contributed by atoms with van der Waals surface area (Å²) in [4.78, 5) is 17.5. The molecule has 1 N–H and O–H groups in total. The minimum absolute atomic E-state index is 0.0835. The number of carbonyl (C=O) groups excluding carboxylic acids is 1. The van der Waals surface area contributed by atoms with Crippen LogP contribution in [-0.4, -0.2) is 19.3 Å². The number of amides is 1. The number of hydrogen-bond donors (Lipinski definition) is 1. The second-order valence-electron chi connectivity index (χ2n) is 6.94. The Morgan fingerprint density at radius 1 is 0.966 bits per heavy atom. The summed E-state index contributed by atoms with van der Waals surface area (Å²) < 4.78 is 26.9. The number of rotatable bonds is 4. The Hall–Kier alpha value is -3.03. The maximum atomic E-state index is 12.9. The van der Waals surface area contributed by atoms with E-state index < -0.39 is 15.8 Å². The first kappa shape index (κ1) is 18.0. The van der Waals surface area contributed by atoms with Crippen molar-refractivity contribution < 1.29 is 13.2 Å². The van der Waals surface area contributed by atoms with Crippen LogP contribution in [-0.2, 0) is 20.4 Å². The lowest BCUT2D eigenvalue weighted by molar-refractivity contribution is -0.116. The number of thiazole rings is 1. The molecule has 5 rings (SSSR count). The highest BCUT2D eigenvalue weighted by molar-refractivity contribution is 7.90. The first-order chi connectivity index (χ1) is 14.0. The van der Waals surface area contributed by atoms with Crippen molar-refractivity contribution in [2.45, 2.75) is 16.6 Å². The lowest BCUT2D eigenvalue weighted by Crippen LogP contribution is -2.13. The molecule has 0 fully saturated rings. The van der Waals surface area contributed by atoms with Gasteiger partial charge in [0.2, 0.25) is 5.91 Å². The van der Waals surface area contributed by atoms with Crippen molar-refractivity contribution in [2.24, 2.45) is 0 Å². The standard InChI is InChI=1S/C22H16N2O3S2/c25-21-20(22-24-18-8-4-5-9-19(18)28-22)16-12-15(10-11-17(16)23-21)29(26,27)13-14-6-2-1-3-7-14/h1-12,20H,13H2,(H,23,25). The highest BCUT2D eigenvalue weighted by atomic mass is 32.2. The van der Waals surface area contributed by atoms with Gasteiger partial charge in [0, 0.05) is 5.69 Å². The first-order valence-electron chi connectivity index (χ1n) is 9.08. The molecular formula is C22H16N2O3S2. The molecule has 4 aromatic rings. The average Bonchev–Trinajstić information content (AvgIpc) is 3.27. The maximum absolute atomic E-state index is 12.9. The second kappa shape index (κ2) is 6.79. The summed E-state index contributed by atoms with van der Waals surface area (Å²) in [5.41, 5.74) is 2.85. The molecule has 29 heavy (non-hydrogen) atoms. The number of nitrogens with one attached hydrogen (secondary N) is 1. The number of aromatic nitrogens is 1. The Morgan fingerprint density at radius 3 is 2.52 bits per heavy atom. The molecule has 1 atom stereocenters. The summed E-state index contributed by atoms with van der Waals surface area (Å²) in [5.74, 6) is -0.870. The molecule has 0 bridgehead atoms. The Morgan fingerprint density at radius 2 is 1.72 bits per heavy atom. The molecule has 2 heterocycles. The summed E-state index contributed by atoms with van der Waals surface area (Å²) >= 11 is 1.46. The van der Waals surface area contributed by atoms with Crippen LogP contribution in [0.15, 0.2) is 77.7 Å². The number of fused-ring (bicyclic) bond motifs is 2. The van der Waals surface area contributed by atoms with Crippen LogP contribution >= 0.6 is 11.3 Å². The van der Waals surface area contributed by atoms with Crippen LogP contribution in [0.2, 0.25) is 0 Å². The number of carbonyl (C=O) groups is 1. The van der Waals surface area contributed by atoms with E-state index in [0.717, 1.165) is 15.8 Å². The van der Waals surface area contributed by atoms with E-state index in [1.54, 1.807) is 30.3 Å². The Labute approximate surface area is 172 Å². The fraction of sp³-hybridized carbons (Fsp3) is 0.0909. The van der Waals surface area contributed by atoms with E-state index in [9.17, 15) is 13.2 Å². The van der Waals surface area contributed by atoms with Gasteiger partial charge in [-0.05, 0) is 41.5 Å². The van der Waals surface area contributed by atoms with Crippen LogP contribution in [0.25, 0.3) is 10.2 Å². The van der Waals surface area contributed by atoms with Crippen molar-refractivity contribution in [3.63, 3.8) is 0 Å². The van der Waals surface area contributed by atoms with Gasteiger partial charge in [-0.15, -0.1) is 11.3 Å². The average molecular weight is 421 g/mol. The Kier molecular flexibility index (Phi) is 4.22. The van der Waals surface area contributed by atoms with Gasteiger partial charge in [-0.3, -0.25) is 4.79 Å². The van der Waals surface area contributed by atoms with Crippen LogP contribution in [0.3, 0.4) is 0 Å². The third-order valence-electron chi connectivity index (χ3n) is 4.97. The first-order valence-corrected chi connectivity index (χ1v) is 11.6. The topological polar surface area (TPSA) is 76.1 Å². The summed E-state index contributed by atoms with van der Waals surface area (Å²) in [6.45, 7) is 0. The van der Waals surface area contributed by atoms with E-state index in [1.165, 1.54) is 11.3 Å². The highest BCUT2D eigenvalue weighted by Gasteiger charge is 2.35. The van der Waals surface area contributed by atoms with Crippen LogP contribution in [0.5, 0.6) is 0 Å². The molecule has 5 nitrogen and oxygen atoms in total. The molecule has 0 saturated carbocycles. The van der Waals surface area contributed by atoms with Crippen molar-refractivity contribution in [1.29, 1.82) is 0 Å². The van der Waals surface area contributed by atoms with E-state index in [1.807, 2.05) is 42.5 Å². The smallest absolute Gasteiger partial charge is 0.238 e. The molecule has 1 aliphatic rings. The second-order valence-corrected chi connectivity index (χ2v) is 9.99. The fourth-order valence-electron chi connectivity index (χ4n) is 3.57. The lowest BCUT2D eigenvalue weighted by Gasteiger charge is -2.09. The van der Waals surface area contributed by atoms with E-state index in [0.29, 0.717) is 16.3 Å². The lowest BCUT2D eigenvalue weighted by atomic mass is 10.0. The molecule has 0 aliphatic carbocycles. The number of para-hydroxylation sites is 1. The minimum atomic E-state index is -3.54. The monoisotopic (exact) mass is 420 g/mol. The summed E-state index contributed by atoms with van der Waals surface area (Å²) in [6, 6.07) is 21.6. The largest absolute Gasteiger partial charge is 0.325 e. The van der Waals surface area contributed by atoms with Gasteiger partial charge in [-0.1, -0.05) is 42.5 Å². The molecule has 1 amide bonds. The van der Waals surface area contributed by atoms with Gasteiger partial charge in [0.25, 0.3) is 0 Å². The van der Waals surface area contributed by atoms with Crippen LogP contribution in [0, 0.1) is 0 Å².